The van der Waals surface area contributed by atoms with E-state index >= 15 is 0 Å². The number of amides is 1. The lowest BCUT2D eigenvalue weighted by Gasteiger charge is -2.14. The molecule has 1 rings (SSSR count). The molecular formula is C12H23NOS. The Morgan fingerprint density at radius 1 is 1.27 bits per heavy atom. The highest BCUT2D eigenvalue weighted by Crippen LogP contribution is 2.12. The lowest BCUT2D eigenvalue weighted by atomic mass is 10.3. The first-order valence-electron chi connectivity index (χ1n) is 6.20. The second-order valence-corrected chi connectivity index (χ2v) is 5.38. The van der Waals surface area contributed by atoms with Crippen molar-refractivity contribution in [3.05, 3.63) is 0 Å². The third kappa shape index (κ3) is 5.45. The van der Waals surface area contributed by atoms with Gasteiger partial charge in [0, 0.05) is 19.5 Å². The normalized spacial score (nSPS) is 16.3. The number of likely N-dealkylation sites (tertiary alicyclic amines) is 1. The molecule has 0 aromatic heterocycles. The summed E-state index contributed by atoms with van der Waals surface area (Å²) < 4.78 is 0. The quantitative estimate of drug-likeness (QED) is 0.596. The predicted octanol–water partition coefficient (Wildman–Crippen LogP) is 2.92. The van der Waals surface area contributed by atoms with Crippen molar-refractivity contribution in [2.45, 2.75) is 45.4 Å². The smallest absolute Gasteiger partial charge is 0.222 e. The molecule has 3 heteroatoms. The molecule has 0 aromatic rings. The van der Waals surface area contributed by atoms with Crippen molar-refractivity contribution in [2.24, 2.45) is 0 Å². The van der Waals surface area contributed by atoms with E-state index in [0.29, 0.717) is 5.91 Å². The van der Waals surface area contributed by atoms with Crippen molar-refractivity contribution in [1.82, 2.24) is 4.90 Å². The maximum absolute atomic E-state index is 11.3. The molecule has 1 aliphatic rings. The van der Waals surface area contributed by atoms with Gasteiger partial charge in [-0.1, -0.05) is 13.3 Å². The van der Waals surface area contributed by atoms with E-state index in [9.17, 15) is 4.79 Å². The van der Waals surface area contributed by atoms with Crippen LogP contribution in [-0.2, 0) is 4.79 Å². The molecule has 0 atom stereocenters. The first-order chi connectivity index (χ1) is 7.34. The van der Waals surface area contributed by atoms with Crippen LogP contribution in [0.2, 0.25) is 0 Å². The average Bonchev–Trinajstić information content (AvgIpc) is 2.63. The molecule has 0 bridgehead atoms. The van der Waals surface area contributed by atoms with Crippen LogP contribution >= 0.6 is 11.8 Å². The zero-order chi connectivity index (χ0) is 10.9. The van der Waals surface area contributed by atoms with Gasteiger partial charge in [0.2, 0.25) is 5.91 Å². The molecule has 1 heterocycles. The van der Waals surface area contributed by atoms with Gasteiger partial charge in [0.05, 0.1) is 0 Å². The molecule has 0 aliphatic carbocycles. The molecular weight excluding hydrogens is 206 g/mol. The van der Waals surface area contributed by atoms with Crippen LogP contribution < -0.4 is 0 Å². The van der Waals surface area contributed by atoms with Crippen molar-refractivity contribution in [3.63, 3.8) is 0 Å². The van der Waals surface area contributed by atoms with Gasteiger partial charge in [-0.2, -0.15) is 11.8 Å². The van der Waals surface area contributed by atoms with E-state index < -0.39 is 0 Å². The van der Waals surface area contributed by atoms with Crippen LogP contribution in [0.25, 0.3) is 0 Å². The lowest BCUT2D eigenvalue weighted by molar-refractivity contribution is -0.127. The molecule has 0 unspecified atom stereocenters. The van der Waals surface area contributed by atoms with E-state index in [1.807, 2.05) is 4.90 Å². The van der Waals surface area contributed by atoms with Gasteiger partial charge in [-0.3, -0.25) is 4.79 Å². The minimum atomic E-state index is 0.369. The van der Waals surface area contributed by atoms with Gasteiger partial charge < -0.3 is 4.90 Å². The fourth-order valence-corrected chi connectivity index (χ4v) is 2.90. The Labute approximate surface area is 97.8 Å². The average molecular weight is 229 g/mol. The zero-order valence-corrected chi connectivity index (χ0v) is 10.7. The van der Waals surface area contributed by atoms with Crippen LogP contribution in [0.3, 0.4) is 0 Å². The summed E-state index contributed by atoms with van der Waals surface area (Å²) in [6, 6.07) is 0. The Hall–Kier alpha value is -0.180. The molecule has 1 aliphatic heterocycles. The molecule has 2 nitrogen and oxygen atoms in total. The fraction of sp³-hybridized carbons (Fsp3) is 0.917. The molecule has 0 radical (unpaired) electrons. The first kappa shape index (κ1) is 12.9. The highest BCUT2D eigenvalue weighted by atomic mass is 32.2. The third-order valence-corrected chi connectivity index (χ3v) is 3.94. The largest absolute Gasteiger partial charge is 0.343 e. The van der Waals surface area contributed by atoms with Gasteiger partial charge >= 0.3 is 0 Å². The highest BCUT2D eigenvalue weighted by Gasteiger charge is 2.18. The number of nitrogens with zero attached hydrogens (tertiary/aromatic N) is 1. The maximum atomic E-state index is 11.3. The van der Waals surface area contributed by atoms with Crippen molar-refractivity contribution < 1.29 is 4.79 Å². The van der Waals surface area contributed by atoms with E-state index in [-0.39, 0.29) is 0 Å². The van der Waals surface area contributed by atoms with Crippen LogP contribution in [-0.4, -0.2) is 35.4 Å². The van der Waals surface area contributed by atoms with Gasteiger partial charge in [0.1, 0.15) is 0 Å². The maximum Gasteiger partial charge on any atom is 0.222 e. The number of unbranched alkanes of at least 4 members (excludes halogenated alkanes) is 2. The summed E-state index contributed by atoms with van der Waals surface area (Å²) in [5.41, 5.74) is 0. The van der Waals surface area contributed by atoms with E-state index in [2.05, 4.69) is 18.7 Å². The van der Waals surface area contributed by atoms with Crippen molar-refractivity contribution in [3.8, 4) is 0 Å². The molecule has 0 N–H and O–H groups in total. The SMILES string of the molecule is CCCCSCCCCN1CCCC1=O. The van der Waals surface area contributed by atoms with Crippen molar-refractivity contribution in [1.29, 1.82) is 0 Å². The van der Waals surface area contributed by atoms with Crippen molar-refractivity contribution in [2.75, 3.05) is 24.6 Å². The summed E-state index contributed by atoms with van der Waals surface area (Å²) in [7, 11) is 0. The number of hydrogen-bond acceptors (Lipinski definition) is 2. The van der Waals surface area contributed by atoms with Crippen LogP contribution in [0.1, 0.15) is 45.4 Å². The predicted molar refractivity (Wildman–Crippen MR) is 67.3 cm³/mol. The van der Waals surface area contributed by atoms with Crippen LogP contribution in [0.4, 0.5) is 0 Å². The molecule has 15 heavy (non-hydrogen) atoms. The van der Waals surface area contributed by atoms with Crippen LogP contribution in [0.5, 0.6) is 0 Å². The Balaban J connectivity index is 1.86. The zero-order valence-electron chi connectivity index (χ0n) is 9.83. The standard InChI is InChI=1S/C12H23NOS/c1-2-3-10-15-11-5-4-8-13-9-6-7-12(13)14/h2-11H2,1H3. The Kier molecular flexibility index (Phi) is 6.90. The summed E-state index contributed by atoms with van der Waals surface area (Å²) in [5, 5.41) is 0. The van der Waals surface area contributed by atoms with Crippen LogP contribution in [0, 0.1) is 0 Å². The second-order valence-electron chi connectivity index (χ2n) is 4.16. The monoisotopic (exact) mass is 229 g/mol. The number of rotatable bonds is 8. The molecule has 0 saturated carbocycles. The van der Waals surface area contributed by atoms with Crippen molar-refractivity contribution >= 4 is 17.7 Å². The van der Waals surface area contributed by atoms with E-state index in [0.717, 1.165) is 25.9 Å². The minimum absolute atomic E-state index is 0.369. The summed E-state index contributed by atoms with van der Waals surface area (Å²) in [4.78, 5) is 13.3. The Morgan fingerprint density at radius 2 is 2.07 bits per heavy atom. The van der Waals surface area contributed by atoms with Gasteiger partial charge in [0.15, 0.2) is 0 Å². The highest BCUT2D eigenvalue weighted by molar-refractivity contribution is 7.99. The fourth-order valence-electron chi connectivity index (χ4n) is 1.80. The van der Waals surface area contributed by atoms with E-state index in [4.69, 9.17) is 0 Å². The molecule has 1 fully saturated rings. The molecule has 0 aromatic carbocycles. The van der Waals surface area contributed by atoms with Gasteiger partial charge in [0.25, 0.3) is 0 Å². The number of hydrogen-bond donors (Lipinski definition) is 0. The summed E-state index contributed by atoms with van der Waals surface area (Å²) >= 11 is 2.06. The number of carbonyl (C=O) groups is 1. The Morgan fingerprint density at radius 3 is 2.73 bits per heavy atom. The third-order valence-electron chi connectivity index (χ3n) is 2.78. The second kappa shape index (κ2) is 8.03. The Bertz CT molecular complexity index is 184. The number of thioether (sulfide) groups is 1. The van der Waals surface area contributed by atoms with E-state index in [1.165, 1.54) is 37.2 Å². The van der Waals surface area contributed by atoms with Gasteiger partial charge in [-0.05, 0) is 37.2 Å². The lowest BCUT2D eigenvalue weighted by Crippen LogP contribution is -2.25. The van der Waals surface area contributed by atoms with Crippen LogP contribution in [0.15, 0.2) is 0 Å². The molecule has 1 amide bonds. The summed E-state index contributed by atoms with van der Waals surface area (Å²) in [6.07, 6.45) is 6.95. The number of carbonyl (C=O) groups excluding carboxylic acids is 1. The van der Waals surface area contributed by atoms with Gasteiger partial charge in [-0.25, -0.2) is 0 Å². The topological polar surface area (TPSA) is 20.3 Å². The first-order valence-corrected chi connectivity index (χ1v) is 7.35. The summed E-state index contributed by atoms with van der Waals surface area (Å²) in [5.74, 6) is 2.94. The summed E-state index contributed by atoms with van der Waals surface area (Å²) in [6.45, 7) is 4.23. The molecule has 88 valence electrons. The van der Waals surface area contributed by atoms with E-state index in [1.54, 1.807) is 0 Å². The molecule has 1 saturated heterocycles. The minimum Gasteiger partial charge on any atom is -0.343 e. The van der Waals surface area contributed by atoms with Gasteiger partial charge in [-0.15, -0.1) is 0 Å². The molecule has 0 spiro atoms.